The lowest BCUT2D eigenvalue weighted by atomic mass is 9.92. The first-order valence-corrected chi connectivity index (χ1v) is 15.3. The molecule has 0 spiro atoms. The highest BCUT2D eigenvalue weighted by molar-refractivity contribution is 6.15. The second-order valence-electron chi connectivity index (χ2n) is 12.0. The summed E-state index contributed by atoms with van der Waals surface area (Å²) in [5.41, 5.74) is -5.61. The van der Waals surface area contributed by atoms with Gasteiger partial charge in [0, 0.05) is 22.3 Å². The van der Waals surface area contributed by atoms with Crippen molar-refractivity contribution in [3.8, 4) is 46.5 Å². The molecule has 270 valence electrons. The van der Waals surface area contributed by atoms with Crippen molar-refractivity contribution >= 4 is 22.7 Å². The summed E-state index contributed by atoms with van der Waals surface area (Å²) >= 11 is 0. The van der Waals surface area contributed by atoms with E-state index in [0.29, 0.717) is 0 Å². The zero-order chi connectivity index (χ0) is 40.7. The average Bonchev–Trinajstić information content (AvgIpc) is 3.69. The van der Waals surface area contributed by atoms with Gasteiger partial charge >= 0.3 is 0 Å². The maximum Gasteiger partial charge on any atom is 0.200 e. The van der Waals surface area contributed by atoms with Gasteiger partial charge in [0.2, 0.25) is 11.6 Å². The zero-order valence-corrected chi connectivity index (χ0v) is 27.0. The molecule has 0 bridgehead atoms. The number of fused-ring (bicyclic) bond motifs is 6. The molecule has 0 amide bonds. The van der Waals surface area contributed by atoms with Crippen molar-refractivity contribution in [1.29, 1.82) is 21.0 Å². The van der Waals surface area contributed by atoms with Crippen molar-refractivity contribution in [2.24, 2.45) is 0 Å². The van der Waals surface area contributed by atoms with E-state index in [1.54, 1.807) is 24.3 Å². The van der Waals surface area contributed by atoms with Crippen LogP contribution < -0.4 is 0 Å². The molecule has 56 heavy (non-hydrogen) atoms. The number of rotatable bonds is 4. The minimum Gasteiger partial charge on any atom is -0.288 e. The van der Waals surface area contributed by atoms with Crippen LogP contribution in [0.25, 0.3) is 33.4 Å². The Balaban J connectivity index is 1.44. The van der Waals surface area contributed by atoms with Gasteiger partial charge < -0.3 is 0 Å². The van der Waals surface area contributed by atoms with E-state index in [0.717, 1.165) is 24.3 Å². The molecule has 2 aliphatic carbocycles. The summed E-state index contributed by atoms with van der Waals surface area (Å²) in [5.74, 6) is -27.4. The van der Waals surface area contributed by atoms with Crippen LogP contribution in [0, 0.1) is 103 Å². The quantitative estimate of drug-likeness (QED) is 0.0578. The molecule has 0 radical (unpaired) electrons. The van der Waals surface area contributed by atoms with Crippen LogP contribution in [-0.4, -0.2) is 11.6 Å². The summed E-state index contributed by atoms with van der Waals surface area (Å²) in [6.45, 7) is 0. The van der Waals surface area contributed by atoms with E-state index in [1.165, 1.54) is 24.3 Å². The molecule has 5 aromatic carbocycles. The molecule has 0 saturated heterocycles. The molecule has 16 heteroatoms. The van der Waals surface area contributed by atoms with Crippen molar-refractivity contribution in [2.45, 2.75) is 0 Å². The third-order valence-electron chi connectivity index (χ3n) is 9.20. The second kappa shape index (κ2) is 12.9. The average molecular weight is 767 g/mol. The third-order valence-corrected chi connectivity index (χ3v) is 9.20. The number of carbonyl (C=O) groups excluding carboxylic acids is 2. The van der Waals surface area contributed by atoms with Gasteiger partial charge in [0.25, 0.3) is 0 Å². The molecular weight excluding hydrogens is 758 g/mol. The summed E-state index contributed by atoms with van der Waals surface area (Å²) in [6, 6.07) is 15.7. The third kappa shape index (κ3) is 4.94. The number of nitriles is 4. The van der Waals surface area contributed by atoms with Gasteiger partial charge in [-0.1, -0.05) is 24.3 Å². The summed E-state index contributed by atoms with van der Waals surface area (Å²) in [5, 5.41) is 39.6. The van der Waals surface area contributed by atoms with Crippen molar-refractivity contribution < 1.29 is 53.5 Å². The summed E-state index contributed by atoms with van der Waals surface area (Å²) < 4.78 is 142. The van der Waals surface area contributed by atoms with Gasteiger partial charge in [0.15, 0.2) is 58.1 Å². The van der Waals surface area contributed by atoms with E-state index >= 15 is 0 Å². The normalized spacial score (nSPS) is 11.8. The fourth-order valence-corrected chi connectivity index (χ4v) is 6.71. The Kier molecular flexibility index (Phi) is 8.44. The first-order valence-electron chi connectivity index (χ1n) is 15.3. The number of hydrogen-bond acceptors (Lipinski definition) is 6. The smallest absolute Gasteiger partial charge is 0.200 e. The Labute approximate surface area is 305 Å². The largest absolute Gasteiger partial charge is 0.288 e. The fourth-order valence-electron chi connectivity index (χ4n) is 6.71. The topological polar surface area (TPSA) is 129 Å². The zero-order valence-electron chi connectivity index (χ0n) is 27.0. The lowest BCUT2D eigenvalue weighted by Gasteiger charge is -2.10. The standard InChI is InChI=1S/C40H8F10N4O2/c41-29-27(30(42)34(46)37(49)33(29)45)39(55)13-1-3-17-19-7-20-18-4-2-14(40(56)28-31(43)35(47)38(50)36(48)32(28)44)6-22(18)26(16(11-53)12-54)24(20)8-23(19)25(21(17)5-13)15(9-51)10-52/h1-8H. The Morgan fingerprint density at radius 2 is 0.625 bits per heavy atom. The number of hydrogen-bond donors (Lipinski definition) is 0. The SMILES string of the molecule is N#CC(C#N)=C1c2cc(C(=O)c3c(F)c(F)c(F)c(F)c3F)ccc2-c2cc3c(cc21)C(=C(C#N)C#N)c1cc(C(=O)c2c(F)c(F)c(F)c(F)c2F)ccc1-3. The highest BCUT2D eigenvalue weighted by atomic mass is 19.2. The number of carbonyl (C=O) groups is 2. The van der Waals surface area contributed by atoms with Crippen LogP contribution in [0.5, 0.6) is 0 Å². The summed E-state index contributed by atoms with van der Waals surface area (Å²) in [6.07, 6.45) is 0. The van der Waals surface area contributed by atoms with Gasteiger partial charge in [-0.25, -0.2) is 43.9 Å². The van der Waals surface area contributed by atoms with E-state index in [-0.39, 0.29) is 55.7 Å². The van der Waals surface area contributed by atoms with Crippen molar-refractivity contribution in [3.63, 3.8) is 0 Å². The van der Waals surface area contributed by atoms with Crippen LogP contribution in [0.15, 0.2) is 59.7 Å². The lowest BCUT2D eigenvalue weighted by Crippen LogP contribution is -2.14. The Bertz CT molecular complexity index is 2720. The van der Waals surface area contributed by atoms with E-state index in [2.05, 4.69) is 0 Å². The van der Waals surface area contributed by atoms with Crippen LogP contribution >= 0.6 is 0 Å². The van der Waals surface area contributed by atoms with E-state index in [9.17, 15) is 74.5 Å². The number of nitrogens with zero attached hydrogens (tertiary/aromatic N) is 4. The molecule has 0 heterocycles. The van der Waals surface area contributed by atoms with E-state index in [1.807, 2.05) is 0 Å². The van der Waals surface area contributed by atoms with Crippen LogP contribution in [0.4, 0.5) is 43.9 Å². The molecular formula is C40H8F10N4O2. The Hall–Kier alpha value is -7.82. The van der Waals surface area contributed by atoms with Gasteiger partial charge in [0.05, 0.1) is 0 Å². The maximum absolute atomic E-state index is 14.6. The fraction of sp³-hybridized carbons (Fsp3) is 0. The van der Waals surface area contributed by atoms with Crippen molar-refractivity contribution in [1.82, 2.24) is 0 Å². The predicted octanol–water partition coefficient (Wildman–Crippen LogP) is 9.20. The molecule has 0 fully saturated rings. The van der Waals surface area contributed by atoms with Crippen LogP contribution in [0.1, 0.15) is 54.1 Å². The second-order valence-corrected chi connectivity index (χ2v) is 12.0. The first kappa shape index (κ1) is 36.5. The lowest BCUT2D eigenvalue weighted by molar-refractivity contribution is 0.101. The minimum atomic E-state index is -2.50. The molecule has 7 rings (SSSR count). The van der Waals surface area contributed by atoms with Crippen LogP contribution in [0.2, 0.25) is 0 Å². The molecule has 0 N–H and O–H groups in total. The first-order chi connectivity index (χ1) is 26.6. The van der Waals surface area contributed by atoms with E-state index < -0.39 is 103 Å². The number of halogens is 10. The summed E-state index contributed by atoms with van der Waals surface area (Å²) in [7, 11) is 0. The van der Waals surface area contributed by atoms with Crippen LogP contribution in [-0.2, 0) is 0 Å². The van der Waals surface area contributed by atoms with Gasteiger partial charge in [0.1, 0.15) is 46.5 Å². The van der Waals surface area contributed by atoms with Gasteiger partial charge in [-0.15, -0.1) is 0 Å². The van der Waals surface area contributed by atoms with E-state index in [4.69, 9.17) is 0 Å². The Morgan fingerprint density at radius 1 is 0.357 bits per heavy atom. The maximum atomic E-state index is 14.6. The highest BCUT2D eigenvalue weighted by Gasteiger charge is 2.37. The molecule has 0 saturated carbocycles. The van der Waals surface area contributed by atoms with Crippen molar-refractivity contribution in [2.75, 3.05) is 0 Å². The predicted molar refractivity (Wildman–Crippen MR) is 171 cm³/mol. The Morgan fingerprint density at radius 3 is 0.929 bits per heavy atom. The molecule has 0 aliphatic heterocycles. The molecule has 0 atom stereocenters. The highest BCUT2D eigenvalue weighted by Crippen LogP contribution is 2.54. The number of ketones is 2. The number of allylic oxidation sites excluding steroid dienone is 2. The monoisotopic (exact) mass is 766 g/mol. The molecule has 0 unspecified atom stereocenters. The molecule has 2 aliphatic rings. The van der Waals surface area contributed by atoms with Gasteiger partial charge in [-0.05, 0) is 68.8 Å². The molecule has 0 aromatic heterocycles. The van der Waals surface area contributed by atoms with Gasteiger partial charge in [-0.3, -0.25) is 9.59 Å². The number of benzene rings is 5. The van der Waals surface area contributed by atoms with Crippen LogP contribution in [0.3, 0.4) is 0 Å². The minimum absolute atomic E-state index is 0.0518. The molecule has 6 nitrogen and oxygen atoms in total. The van der Waals surface area contributed by atoms with Gasteiger partial charge in [-0.2, -0.15) is 21.0 Å². The van der Waals surface area contributed by atoms with Crippen molar-refractivity contribution in [3.05, 3.63) is 162 Å². The molecule has 5 aromatic rings. The summed E-state index contributed by atoms with van der Waals surface area (Å²) in [4.78, 5) is 26.5.